The normalized spacial score (nSPS) is 14.3. The van der Waals surface area contributed by atoms with E-state index in [1.54, 1.807) is 0 Å². The largest absolute Gasteiger partial charge is 0.480 e. The molecule has 0 aliphatic carbocycles. The van der Waals surface area contributed by atoms with Gasteiger partial charge in [-0.3, -0.25) is 19.4 Å². The monoisotopic (exact) mass is 502 g/mol. The van der Waals surface area contributed by atoms with Crippen molar-refractivity contribution in [3.8, 4) is 0 Å². The highest BCUT2D eigenvalue weighted by Gasteiger charge is 2.30. The fraction of sp³-hybridized carbons (Fsp3) is 0.762. The number of rotatable bonds is 18. The quantitative estimate of drug-likeness (QED) is 0.0523. The summed E-state index contributed by atoms with van der Waals surface area (Å²) in [5.74, 6) is -3.52. The predicted octanol–water partition coefficient (Wildman–Crippen LogP) is -2.93. The standard InChI is InChI=1S/C21H42N8O6/c1-12(2)10-15(18(32)27-14(20(34)35)7-5-9-26-21(24)25)28-19(33)16(11-30)29-17(31)13(23)6-3-4-8-22/h12-16,30H,3-11,22-23H2,1-2H3,(H,27,32)(H,28,33)(H,29,31)(H,34,35)(H4,24,25,26). The number of carboxylic acids is 1. The maximum Gasteiger partial charge on any atom is 0.326 e. The van der Waals surface area contributed by atoms with Crippen molar-refractivity contribution in [3.63, 3.8) is 0 Å². The molecule has 0 aromatic rings. The maximum atomic E-state index is 12.8. The van der Waals surface area contributed by atoms with E-state index in [0.717, 1.165) is 0 Å². The third-order valence-electron chi connectivity index (χ3n) is 5.02. The SMILES string of the molecule is CC(C)CC(NC(=O)C(CO)NC(=O)C(N)CCCCN)C(=O)NC(CCCN=C(N)N)C(=O)O. The summed E-state index contributed by atoms with van der Waals surface area (Å²) in [6.45, 7) is 3.59. The summed E-state index contributed by atoms with van der Waals surface area (Å²) in [5.41, 5.74) is 21.7. The van der Waals surface area contributed by atoms with Crippen molar-refractivity contribution in [1.82, 2.24) is 16.0 Å². The van der Waals surface area contributed by atoms with E-state index >= 15 is 0 Å². The van der Waals surface area contributed by atoms with Crippen molar-refractivity contribution >= 4 is 29.7 Å². The Hall–Kier alpha value is -2.97. The van der Waals surface area contributed by atoms with Gasteiger partial charge in [0.2, 0.25) is 17.7 Å². The molecular weight excluding hydrogens is 460 g/mol. The van der Waals surface area contributed by atoms with Crippen LogP contribution in [0.25, 0.3) is 0 Å². The van der Waals surface area contributed by atoms with E-state index in [1.807, 2.05) is 13.8 Å². The molecule has 14 nitrogen and oxygen atoms in total. The molecule has 0 aromatic carbocycles. The number of aliphatic carboxylic acids is 1. The van der Waals surface area contributed by atoms with Crippen LogP contribution in [0.2, 0.25) is 0 Å². The molecule has 14 heteroatoms. The van der Waals surface area contributed by atoms with Crippen molar-refractivity contribution in [2.45, 2.75) is 76.5 Å². The average Bonchev–Trinajstić information content (AvgIpc) is 2.77. The van der Waals surface area contributed by atoms with E-state index in [4.69, 9.17) is 22.9 Å². The molecule has 3 amide bonds. The number of unbranched alkanes of at least 4 members (excludes halogenated alkanes) is 1. The number of nitrogens with zero attached hydrogens (tertiary/aromatic N) is 1. The highest BCUT2D eigenvalue weighted by Crippen LogP contribution is 2.08. The summed E-state index contributed by atoms with van der Waals surface area (Å²) >= 11 is 0. The Bertz CT molecular complexity index is 714. The van der Waals surface area contributed by atoms with Gasteiger partial charge in [0.25, 0.3) is 0 Å². The molecule has 0 spiro atoms. The molecule has 0 rings (SSSR count). The Morgan fingerprint density at radius 2 is 1.43 bits per heavy atom. The first-order valence-electron chi connectivity index (χ1n) is 11.7. The van der Waals surface area contributed by atoms with Crippen LogP contribution in [0.3, 0.4) is 0 Å². The molecule has 0 saturated heterocycles. The van der Waals surface area contributed by atoms with Gasteiger partial charge in [-0.25, -0.2) is 4.79 Å². The predicted molar refractivity (Wildman–Crippen MR) is 131 cm³/mol. The third kappa shape index (κ3) is 14.1. The van der Waals surface area contributed by atoms with Crippen molar-refractivity contribution in [2.24, 2.45) is 33.8 Å². The van der Waals surface area contributed by atoms with Gasteiger partial charge in [0, 0.05) is 6.54 Å². The minimum atomic E-state index is -1.33. The molecule has 0 aliphatic rings. The smallest absolute Gasteiger partial charge is 0.326 e. The van der Waals surface area contributed by atoms with Gasteiger partial charge in [0.1, 0.15) is 18.1 Å². The van der Waals surface area contributed by atoms with Crippen molar-refractivity contribution in [3.05, 3.63) is 0 Å². The molecule has 0 saturated carbocycles. The van der Waals surface area contributed by atoms with Crippen molar-refractivity contribution < 1.29 is 29.4 Å². The second kappa shape index (κ2) is 17.5. The molecule has 13 N–H and O–H groups in total. The topological polar surface area (TPSA) is 261 Å². The van der Waals surface area contributed by atoms with E-state index in [9.17, 15) is 29.4 Å². The minimum Gasteiger partial charge on any atom is -0.480 e. The Balaban J connectivity index is 5.17. The van der Waals surface area contributed by atoms with Gasteiger partial charge in [-0.15, -0.1) is 0 Å². The van der Waals surface area contributed by atoms with Gasteiger partial charge < -0.3 is 49.1 Å². The molecule has 4 unspecified atom stereocenters. The molecule has 202 valence electrons. The third-order valence-corrected chi connectivity index (χ3v) is 5.02. The maximum absolute atomic E-state index is 12.8. The zero-order chi connectivity index (χ0) is 27.0. The fourth-order valence-electron chi connectivity index (χ4n) is 3.12. The lowest BCUT2D eigenvalue weighted by atomic mass is 10.0. The second-order valence-electron chi connectivity index (χ2n) is 8.67. The van der Waals surface area contributed by atoms with Crippen LogP contribution >= 0.6 is 0 Å². The van der Waals surface area contributed by atoms with Crippen LogP contribution < -0.4 is 38.9 Å². The number of nitrogens with two attached hydrogens (primary N) is 4. The van der Waals surface area contributed by atoms with Crippen LogP contribution in [-0.4, -0.2) is 83.7 Å². The summed E-state index contributed by atoms with van der Waals surface area (Å²) < 4.78 is 0. The number of aliphatic imine (C=N–C) groups is 1. The number of amides is 3. The number of carbonyl (C=O) groups is 4. The van der Waals surface area contributed by atoms with Gasteiger partial charge >= 0.3 is 5.97 Å². The number of carboxylic acid groups (broad SMARTS) is 1. The van der Waals surface area contributed by atoms with E-state index < -0.39 is 54.5 Å². The van der Waals surface area contributed by atoms with E-state index in [-0.39, 0.29) is 31.3 Å². The molecule has 0 aromatic heterocycles. The summed E-state index contributed by atoms with van der Waals surface area (Å²) in [6, 6.07) is -4.52. The zero-order valence-electron chi connectivity index (χ0n) is 20.5. The van der Waals surface area contributed by atoms with Gasteiger partial charge in [-0.05, 0) is 44.6 Å². The molecule has 0 heterocycles. The molecule has 0 aliphatic heterocycles. The summed E-state index contributed by atoms with van der Waals surface area (Å²) in [7, 11) is 0. The van der Waals surface area contributed by atoms with Gasteiger partial charge in [-0.1, -0.05) is 20.3 Å². The summed E-state index contributed by atoms with van der Waals surface area (Å²) in [5, 5.41) is 26.3. The Morgan fingerprint density at radius 3 is 1.94 bits per heavy atom. The van der Waals surface area contributed by atoms with Gasteiger partial charge in [0.05, 0.1) is 12.6 Å². The summed E-state index contributed by atoms with van der Waals surface area (Å²) in [4.78, 5) is 53.1. The fourth-order valence-corrected chi connectivity index (χ4v) is 3.12. The zero-order valence-corrected chi connectivity index (χ0v) is 20.5. The first-order chi connectivity index (χ1) is 16.4. The van der Waals surface area contributed by atoms with Crippen LogP contribution in [0.1, 0.15) is 52.4 Å². The molecule has 0 fully saturated rings. The van der Waals surface area contributed by atoms with E-state index in [0.29, 0.717) is 32.2 Å². The second-order valence-corrected chi connectivity index (χ2v) is 8.67. The van der Waals surface area contributed by atoms with E-state index in [1.165, 1.54) is 0 Å². The molecule has 0 bridgehead atoms. The molecule has 0 radical (unpaired) electrons. The number of nitrogens with one attached hydrogen (secondary N) is 3. The van der Waals surface area contributed by atoms with Crippen molar-refractivity contribution in [1.29, 1.82) is 0 Å². The number of aliphatic hydroxyl groups excluding tert-OH is 1. The number of guanidine groups is 1. The number of hydrogen-bond donors (Lipinski definition) is 9. The van der Waals surface area contributed by atoms with Gasteiger partial charge in [0.15, 0.2) is 5.96 Å². The van der Waals surface area contributed by atoms with E-state index in [2.05, 4.69) is 20.9 Å². The molecule has 4 atom stereocenters. The minimum absolute atomic E-state index is 0.0330. The lowest BCUT2D eigenvalue weighted by Gasteiger charge is -2.25. The number of carbonyl (C=O) groups excluding carboxylic acids is 3. The Morgan fingerprint density at radius 1 is 0.857 bits per heavy atom. The van der Waals surface area contributed by atoms with Crippen LogP contribution in [0, 0.1) is 5.92 Å². The van der Waals surface area contributed by atoms with Crippen molar-refractivity contribution in [2.75, 3.05) is 19.7 Å². The number of hydrogen-bond acceptors (Lipinski definition) is 8. The lowest BCUT2D eigenvalue weighted by Crippen LogP contribution is -2.58. The van der Waals surface area contributed by atoms with Crippen LogP contribution in [-0.2, 0) is 19.2 Å². The highest BCUT2D eigenvalue weighted by molar-refractivity contribution is 5.94. The Kier molecular flexibility index (Phi) is 16.0. The Labute approximate surface area is 205 Å². The average molecular weight is 503 g/mol. The first kappa shape index (κ1) is 32.0. The number of aliphatic hydroxyl groups is 1. The lowest BCUT2D eigenvalue weighted by molar-refractivity contribution is -0.142. The highest BCUT2D eigenvalue weighted by atomic mass is 16.4. The van der Waals surface area contributed by atoms with Crippen LogP contribution in [0.15, 0.2) is 4.99 Å². The van der Waals surface area contributed by atoms with Crippen LogP contribution in [0.4, 0.5) is 0 Å². The van der Waals surface area contributed by atoms with Crippen LogP contribution in [0.5, 0.6) is 0 Å². The van der Waals surface area contributed by atoms with Gasteiger partial charge in [-0.2, -0.15) is 0 Å². The molecular formula is C21H42N8O6. The first-order valence-corrected chi connectivity index (χ1v) is 11.7. The molecule has 35 heavy (non-hydrogen) atoms. The summed E-state index contributed by atoms with van der Waals surface area (Å²) in [6.07, 6.45) is 2.26.